The Bertz CT molecular complexity index is 1280. The van der Waals surface area contributed by atoms with Crippen LogP contribution in [-0.2, 0) is 0 Å². The summed E-state index contributed by atoms with van der Waals surface area (Å²) in [6.07, 6.45) is 5.47. The van der Waals surface area contributed by atoms with Crippen molar-refractivity contribution in [1.82, 2.24) is 14.5 Å². The number of rotatable bonds is 6. The van der Waals surface area contributed by atoms with Gasteiger partial charge in [0.2, 0.25) is 0 Å². The van der Waals surface area contributed by atoms with E-state index in [0.29, 0.717) is 22.9 Å². The smallest absolute Gasteiger partial charge is 0.168 e. The Morgan fingerprint density at radius 1 is 1.03 bits per heavy atom. The maximum atomic E-state index is 9.08. The molecule has 0 bridgehead atoms. The van der Waals surface area contributed by atoms with Crippen LogP contribution in [0.3, 0.4) is 0 Å². The number of pyridine rings is 1. The number of hydrogen-bond donors (Lipinski definition) is 0. The standard InChI is InChI=1S/C25H22N4O2/c1-17(2)31-25-19(7-6-10-22(25)30-3)12-14-24-28-20-8-4-5-9-21(20)29(24)23-13-11-18(15-26)16-27-23/h4-14,16-17H,1-3H3. The van der Waals surface area contributed by atoms with Gasteiger partial charge >= 0.3 is 0 Å². The van der Waals surface area contributed by atoms with Crippen LogP contribution in [0.4, 0.5) is 0 Å². The number of aromatic nitrogens is 3. The molecule has 4 rings (SSSR count). The Morgan fingerprint density at radius 2 is 1.87 bits per heavy atom. The summed E-state index contributed by atoms with van der Waals surface area (Å²) in [5.74, 6) is 2.78. The van der Waals surface area contributed by atoms with Crippen LogP contribution in [0, 0.1) is 11.3 Å². The van der Waals surface area contributed by atoms with Gasteiger partial charge in [-0.05, 0) is 56.3 Å². The molecule has 2 aromatic carbocycles. The van der Waals surface area contributed by atoms with Gasteiger partial charge in [-0.2, -0.15) is 5.26 Å². The van der Waals surface area contributed by atoms with E-state index in [1.54, 1.807) is 19.4 Å². The number of nitriles is 1. The molecule has 31 heavy (non-hydrogen) atoms. The van der Waals surface area contributed by atoms with Crippen molar-refractivity contribution in [3.05, 3.63) is 77.7 Å². The first-order chi connectivity index (χ1) is 15.1. The molecule has 0 saturated carbocycles. The van der Waals surface area contributed by atoms with Gasteiger partial charge in [-0.15, -0.1) is 0 Å². The molecule has 0 aliphatic rings. The highest BCUT2D eigenvalue weighted by Crippen LogP contribution is 2.33. The van der Waals surface area contributed by atoms with Gasteiger partial charge in [-0.3, -0.25) is 4.57 Å². The van der Waals surface area contributed by atoms with Crippen LogP contribution < -0.4 is 9.47 Å². The van der Waals surface area contributed by atoms with E-state index in [0.717, 1.165) is 22.4 Å². The minimum Gasteiger partial charge on any atom is -0.493 e. The van der Waals surface area contributed by atoms with Crippen LogP contribution in [0.5, 0.6) is 11.5 Å². The number of benzene rings is 2. The largest absolute Gasteiger partial charge is 0.493 e. The van der Waals surface area contributed by atoms with Gasteiger partial charge in [0.15, 0.2) is 11.5 Å². The highest BCUT2D eigenvalue weighted by atomic mass is 16.5. The Balaban J connectivity index is 1.83. The van der Waals surface area contributed by atoms with E-state index in [9.17, 15) is 0 Å². The van der Waals surface area contributed by atoms with Gasteiger partial charge in [-0.25, -0.2) is 9.97 Å². The molecule has 0 amide bonds. The second-order valence-electron chi connectivity index (χ2n) is 7.19. The van der Waals surface area contributed by atoms with E-state index in [2.05, 4.69) is 11.1 Å². The first-order valence-electron chi connectivity index (χ1n) is 9.96. The van der Waals surface area contributed by atoms with E-state index in [1.165, 1.54) is 0 Å². The minimum atomic E-state index is 0.0101. The molecule has 6 nitrogen and oxygen atoms in total. The summed E-state index contributed by atoms with van der Waals surface area (Å²) in [6, 6.07) is 19.3. The summed E-state index contributed by atoms with van der Waals surface area (Å²) < 4.78 is 13.5. The molecule has 0 spiro atoms. The Kier molecular flexibility index (Phi) is 5.67. The fourth-order valence-corrected chi connectivity index (χ4v) is 3.33. The van der Waals surface area contributed by atoms with E-state index in [4.69, 9.17) is 19.7 Å². The van der Waals surface area contributed by atoms with Gasteiger partial charge in [0.1, 0.15) is 17.7 Å². The molecule has 2 heterocycles. The third kappa shape index (κ3) is 4.12. The predicted molar refractivity (Wildman–Crippen MR) is 121 cm³/mol. The molecular formula is C25H22N4O2. The zero-order valence-electron chi connectivity index (χ0n) is 17.6. The number of nitrogens with zero attached hydrogens (tertiary/aromatic N) is 4. The van der Waals surface area contributed by atoms with Crippen molar-refractivity contribution >= 4 is 23.2 Å². The molecule has 6 heteroatoms. The molecule has 154 valence electrons. The van der Waals surface area contributed by atoms with Gasteiger partial charge < -0.3 is 9.47 Å². The van der Waals surface area contributed by atoms with Crippen molar-refractivity contribution in [2.45, 2.75) is 20.0 Å². The number of fused-ring (bicyclic) bond motifs is 1. The minimum absolute atomic E-state index is 0.0101. The normalized spacial score (nSPS) is 11.2. The topological polar surface area (TPSA) is 73.0 Å². The molecule has 0 fully saturated rings. The van der Waals surface area contributed by atoms with Crippen molar-refractivity contribution in [1.29, 1.82) is 5.26 Å². The first kappa shape index (κ1) is 20.2. The number of methoxy groups -OCH3 is 1. The first-order valence-corrected chi connectivity index (χ1v) is 9.96. The maximum Gasteiger partial charge on any atom is 0.168 e. The highest BCUT2D eigenvalue weighted by Gasteiger charge is 2.13. The maximum absolute atomic E-state index is 9.08. The monoisotopic (exact) mass is 410 g/mol. The molecule has 0 saturated heterocycles. The summed E-state index contributed by atoms with van der Waals surface area (Å²) in [7, 11) is 1.63. The average Bonchev–Trinajstić information content (AvgIpc) is 3.16. The van der Waals surface area contributed by atoms with Gasteiger partial charge in [0.25, 0.3) is 0 Å². The third-order valence-corrected chi connectivity index (χ3v) is 4.69. The lowest BCUT2D eigenvalue weighted by Gasteiger charge is -2.15. The van der Waals surface area contributed by atoms with Crippen molar-refractivity contribution in [3.63, 3.8) is 0 Å². The van der Waals surface area contributed by atoms with Crippen LogP contribution in [0.2, 0.25) is 0 Å². The van der Waals surface area contributed by atoms with Crippen LogP contribution in [0.15, 0.2) is 60.8 Å². The fourth-order valence-electron chi connectivity index (χ4n) is 3.33. The van der Waals surface area contributed by atoms with Crippen molar-refractivity contribution in [2.75, 3.05) is 7.11 Å². The Hall–Kier alpha value is -4.11. The summed E-state index contributed by atoms with van der Waals surface area (Å²) in [4.78, 5) is 9.24. The number of para-hydroxylation sites is 3. The molecule has 0 aliphatic carbocycles. The molecule has 0 aliphatic heterocycles. The van der Waals surface area contributed by atoms with Crippen LogP contribution in [0.25, 0.3) is 29.0 Å². The average molecular weight is 410 g/mol. The second kappa shape index (κ2) is 8.72. The van der Waals surface area contributed by atoms with E-state index in [1.807, 2.05) is 79.1 Å². The van der Waals surface area contributed by atoms with Gasteiger partial charge in [0, 0.05) is 11.8 Å². The lowest BCUT2D eigenvalue weighted by Crippen LogP contribution is -2.07. The zero-order chi connectivity index (χ0) is 21.8. The number of hydrogen-bond acceptors (Lipinski definition) is 5. The number of imidazole rings is 1. The van der Waals surface area contributed by atoms with E-state index in [-0.39, 0.29) is 6.10 Å². The van der Waals surface area contributed by atoms with Crippen LogP contribution in [-0.4, -0.2) is 27.7 Å². The van der Waals surface area contributed by atoms with E-state index >= 15 is 0 Å². The third-order valence-electron chi connectivity index (χ3n) is 4.69. The quantitative estimate of drug-likeness (QED) is 0.434. The summed E-state index contributed by atoms with van der Waals surface area (Å²) in [6.45, 7) is 3.96. The SMILES string of the molecule is COc1cccc(C=Cc2nc3ccccc3n2-c2ccc(C#N)cn2)c1OC(C)C. The van der Waals surface area contributed by atoms with Crippen molar-refractivity contribution < 1.29 is 9.47 Å². The predicted octanol–water partition coefficient (Wildman–Crippen LogP) is 5.26. The summed E-state index contributed by atoms with van der Waals surface area (Å²) in [5, 5.41) is 9.08. The molecule has 4 aromatic rings. The van der Waals surface area contributed by atoms with Crippen LogP contribution in [0.1, 0.15) is 30.8 Å². The Labute approximate surface area is 181 Å². The Morgan fingerprint density at radius 3 is 2.58 bits per heavy atom. The summed E-state index contributed by atoms with van der Waals surface area (Å²) in [5.41, 5.74) is 3.19. The molecule has 2 aromatic heterocycles. The molecular weight excluding hydrogens is 388 g/mol. The highest BCUT2D eigenvalue weighted by molar-refractivity contribution is 5.82. The lowest BCUT2D eigenvalue weighted by atomic mass is 10.1. The molecule has 0 unspecified atom stereocenters. The second-order valence-corrected chi connectivity index (χ2v) is 7.19. The van der Waals surface area contributed by atoms with Gasteiger partial charge in [-0.1, -0.05) is 24.3 Å². The van der Waals surface area contributed by atoms with E-state index < -0.39 is 0 Å². The summed E-state index contributed by atoms with van der Waals surface area (Å²) >= 11 is 0. The molecule has 0 N–H and O–H groups in total. The number of ether oxygens (including phenoxy) is 2. The fraction of sp³-hybridized carbons (Fsp3) is 0.160. The van der Waals surface area contributed by atoms with Crippen molar-refractivity contribution in [2.24, 2.45) is 0 Å². The van der Waals surface area contributed by atoms with Crippen molar-refractivity contribution in [3.8, 4) is 23.4 Å². The lowest BCUT2D eigenvalue weighted by molar-refractivity contribution is 0.229. The molecule has 0 radical (unpaired) electrons. The zero-order valence-corrected chi connectivity index (χ0v) is 17.6. The van der Waals surface area contributed by atoms with Gasteiger partial charge in [0.05, 0.1) is 29.8 Å². The van der Waals surface area contributed by atoms with Crippen LogP contribution >= 0.6 is 0 Å². The molecule has 0 atom stereocenters.